The van der Waals surface area contributed by atoms with Crippen LogP contribution in [0, 0.1) is 5.82 Å². The molecular weight excluding hydrogens is 288 g/mol. The standard InChI is InChI=1S/C10H12F4N2O2S/c1-16(5-4-10(12,13)14)19(17,18)9-3-2-7(11)6-8(9)15/h2-3,6H,4-5,15H2,1H3. The van der Waals surface area contributed by atoms with E-state index in [1.54, 1.807) is 0 Å². The Morgan fingerprint density at radius 1 is 1.32 bits per heavy atom. The van der Waals surface area contributed by atoms with Gasteiger partial charge in [0, 0.05) is 13.6 Å². The molecule has 0 spiro atoms. The van der Waals surface area contributed by atoms with E-state index in [-0.39, 0.29) is 5.69 Å². The van der Waals surface area contributed by atoms with Gasteiger partial charge < -0.3 is 5.73 Å². The highest BCUT2D eigenvalue weighted by atomic mass is 32.2. The molecule has 0 aliphatic rings. The number of nitrogens with zero attached hydrogens (tertiary/aromatic N) is 1. The van der Waals surface area contributed by atoms with Crippen molar-refractivity contribution in [2.75, 3.05) is 19.3 Å². The van der Waals surface area contributed by atoms with Crippen LogP contribution in [0.15, 0.2) is 23.1 Å². The van der Waals surface area contributed by atoms with Gasteiger partial charge in [0.05, 0.1) is 12.1 Å². The van der Waals surface area contributed by atoms with Crippen LogP contribution in [0.4, 0.5) is 23.2 Å². The van der Waals surface area contributed by atoms with Crippen LogP contribution in [-0.4, -0.2) is 32.5 Å². The highest BCUT2D eigenvalue weighted by Gasteiger charge is 2.31. The van der Waals surface area contributed by atoms with E-state index < -0.39 is 39.9 Å². The van der Waals surface area contributed by atoms with E-state index in [2.05, 4.69) is 0 Å². The third kappa shape index (κ3) is 4.06. The fourth-order valence-corrected chi connectivity index (χ4v) is 2.59. The van der Waals surface area contributed by atoms with Crippen molar-refractivity contribution >= 4 is 15.7 Å². The number of hydrogen-bond acceptors (Lipinski definition) is 3. The first-order valence-corrected chi connectivity index (χ1v) is 6.56. The smallest absolute Gasteiger partial charge is 0.390 e. The average Bonchev–Trinajstić information content (AvgIpc) is 2.24. The zero-order chi connectivity index (χ0) is 14.8. The first kappa shape index (κ1) is 15.7. The largest absolute Gasteiger partial charge is 0.398 e. The quantitative estimate of drug-likeness (QED) is 0.683. The van der Waals surface area contributed by atoms with Gasteiger partial charge in [-0.15, -0.1) is 0 Å². The molecule has 0 fully saturated rings. The minimum atomic E-state index is -4.46. The number of anilines is 1. The molecule has 0 heterocycles. The van der Waals surface area contributed by atoms with Crippen LogP contribution >= 0.6 is 0 Å². The number of benzene rings is 1. The topological polar surface area (TPSA) is 63.4 Å². The van der Waals surface area contributed by atoms with Crippen LogP contribution in [0.25, 0.3) is 0 Å². The van der Waals surface area contributed by atoms with Crippen molar-refractivity contribution in [2.24, 2.45) is 0 Å². The van der Waals surface area contributed by atoms with Gasteiger partial charge >= 0.3 is 6.18 Å². The highest BCUT2D eigenvalue weighted by Crippen LogP contribution is 2.25. The average molecular weight is 300 g/mol. The Balaban J connectivity index is 2.97. The molecule has 0 saturated heterocycles. The molecule has 0 aliphatic carbocycles. The van der Waals surface area contributed by atoms with E-state index in [4.69, 9.17) is 5.73 Å². The predicted octanol–water partition coefficient (Wildman–Crippen LogP) is 1.98. The number of alkyl halides is 3. The van der Waals surface area contributed by atoms with Gasteiger partial charge in [-0.05, 0) is 18.2 Å². The molecule has 108 valence electrons. The zero-order valence-corrected chi connectivity index (χ0v) is 10.7. The summed E-state index contributed by atoms with van der Waals surface area (Å²) in [5, 5.41) is 0. The monoisotopic (exact) mass is 300 g/mol. The Bertz CT molecular complexity index is 557. The van der Waals surface area contributed by atoms with Crippen LogP contribution in [-0.2, 0) is 10.0 Å². The van der Waals surface area contributed by atoms with Gasteiger partial charge in [0.25, 0.3) is 0 Å². The normalized spacial score (nSPS) is 12.9. The molecule has 0 amide bonds. The number of nitrogens with two attached hydrogens (primary N) is 1. The van der Waals surface area contributed by atoms with Crippen molar-refractivity contribution < 1.29 is 26.0 Å². The van der Waals surface area contributed by atoms with Gasteiger partial charge in [-0.2, -0.15) is 13.2 Å². The minimum Gasteiger partial charge on any atom is -0.398 e. The van der Waals surface area contributed by atoms with E-state index in [9.17, 15) is 26.0 Å². The molecule has 0 unspecified atom stereocenters. The van der Waals surface area contributed by atoms with Gasteiger partial charge in [-0.3, -0.25) is 0 Å². The van der Waals surface area contributed by atoms with Crippen LogP contribution in [0.5, 0.6) is 0 Å². The van der Waals surface area contributed by atoms with Crippen LogP contribution in [0.3, 0.4) is 0 Å². The highest BCUT2D eigenvalue weighted by molar-refractivity contribution is 7.89. The molecule has 0 atom stereocenters. The first-order valence-electron chi connectivity index (χ1n) is 5.12. The van der Waals surface area contributed by atoms with Crippen LogP contribution in [0.1, 0.15) is 6.42 Å². The maximum Gasteiger partial charge on any atom is 0.390 e. The summed E-state index contributed by atoms with van der Waals surface area (Å²) in [5.41, 5.74) is 5.01. The lowest BCUT2D eigenvalue weighted by Gasteiger charge is -2.19. The summed E-state index contributed by atoms with van der Waals surface area (Å²) in [5.74, 6) is -0.727. The summed E-state index contributed by atoms with van der Waals surface area (Å²) in [6.45, 7) is -0.733. The summed E-state index contributed by atoms with van der Waals surface area (Å²) in [7, 11) is -3.16. The number of hydrogen-bond donors (Lipinski definition) is 1. The van der Waals surface area contributed by atoms with E-state index in [1.165, 1.54) is 0 Å². The SMILES string of the molecule is CN(CCC(F)(F)F)S(=O)(=O)c1ccc(F)cc1N. The van der Waals surface area contributed by atoms with Crippen molar-refractivity contribution in [3.05, 3.63) is 24.0 Å². The molecule has 0 bridgehead atoms. The summed E-state index contributed by atoms with van der Waals surface area (Å²) in [4.78, 5) is -0.418. The number of sulfonamides is 1. The fraction of sp³-hybridized carbons (Fsp3) is 0.400. The Morgan fingerprint density at radius 3 is 2.37 bits per heavy atom. The molecule has 19 heavy (non-hydrogen) atoms. The Morgan fingerprint density at radius 2 is 1.89 bits per heavy atom. The lowest BCUT2D eigenvalue weighted by Crippen LogP contribution is -2.31. The summed E-state index contributed by atoms with van der Waals surface area (Å²) in [6, 6.07) is 2.59. The van der Waals surface area contributed by atoms with Gasteiger partial charge in [0.2, 0.25) is 10.0 Å². The molecule has 0 saturated carbocycles. The minimum absolute atomic E-state index is 0.348. The summed E-state index contributed by atoms with van der Waals surface area (Å²) in [6.07, 6.45) is -5.73. The van der Waals surface area contributed by atoms with Crippen molar-refractivity contribution in [1.82, 2.24) is 4.31 Å². The maximum atomic E-state index is 12.8. The second kappa shape index (κ2) is 5.33. The first-order chi connectivity index (χ1) is 8.54. The van der Waals surface area contributed by atoms with E-state index in [0.717, 1.165) is 25.2 Å². The van der Waals surface area contributed by atoms with Crippen molar-refractivity contribution in [2.45, 2.75) is 17.5 Å². The van der Waals surface area contributed by atoms with Gasteiger partial charge in [0.1, 0.15) is 10.7 Å². The second-order valence-electron chi connectivity index (χ2n) is 3.87. The van der Waals surface area contributed by atoms with Crippen molar-refractivity contribution in [3.8, 4) is 0 Å². The Hall–Kier alpha value is -1.35. The molecular formula is C10H12F4N2O2S. The Labute approximate surface area is 107 Å². The van der Waals surface area contributed by atoms with Crippen molar-refractivity contribution in [1.29, 1.82) is 0 Å². The zero-order valence-electron chi connectivity index (χ0n) is 9.91. The second-order valence-corrected chi connectivity index (χ2v) is 5.89. The van der Waals surface area contributed by atoms with E-state index in [1.807, 2.05) is 0 Å². The number of halogens is 4. The summed E-state index contributed by atoms with van der Waals surface area (Å²) < 4.78 is 73.3. The van der Waals surface area contributed by atoms with E-state index in [0.29, 0.717) is 4.31 Å². The molecule has 1 aromatic carbocycles. The molecule has 2 N–H and O–H groups in total. The van der Waals surface area contributed by atoms with Gasteiger partial charge in [-0.1, -0.05) is 0 Å². The lowest BCUT2D eigenvalue weighted by molar-refractivity contribution is -0.135. The molecule has 0 radical (unpaired) electrons. The maximum absolute atomic E-state index is 12.8. The number of nitrogen functional groups attached to an aromatic ring is 1. The van der Waals surface area contributed by atoms with Crippen LogP contribution in [0.2, 0.25) is 0 Å². The third-order valence-electron chi connectivity index (χ3n) is 2.37. The Kier molecular flexibility index (Phi) is 4.41. The van der Waals surface area contributed by atoms with E-state index >= 15 is 0 Å². The molecule has 0 aromatic heterocycles. The predicted molar refractivity (Wildman–Crippen MR) is 61.3 cm³/mol. The van der Waals surface area contributed by atoms with Crippen molar-refractivity contribution in [3.63, 3.8) is 0 Å². The third-order valence-corrected chi connectivity index (χ3v) is 4.30. The molecule has 4 nitrogen and oxygen atoms in total. The molecule has 1 aromatic rings. The van der Waals surface area contributed by atoms with Gasteiger partial charge in [0.15, 0.2) is 0 Å². The van der Waals surface area contributed by atoms with Gasteiger partial charge in [-0.25, -0.2) is 17.1 Å². The number of rotatable bonds is 4. The summed E-state index contributed by atoms with van der Waals surface area (Å²) >= 11 is 0. The lowest BCUT2D eigenvalue weighted by atomic mass is 10.3. The molecule has 0 aliphatic heterocycles. The molecule has 1 rings (SSSR count). The fourth-order valence-electron chi connectivity index (χ4n) is 1.33. The van der Waals surface area contributed by atoms with Crippen LogP contribution < -0.4 is 5.73 Å². The molecule has 9 heteroatoms.